The van der Waals surface area contributed by atoms with E-state index in [2.05, 4.69) is 29.2 Å². The second-order valence-electron chi connectivity index (χ2n) is 5.93. The highest BCUT2D eigenvalue weighted by Gasteiger charge is 2.19. The first kappa shape index (κ1) is 12.8. The Labute approximate surface area is 115 Å². The van der Waals surface area contributed by atoms with Gasteiger partial charge in [0.25, 0.3) is 0 Å². The predicted molar refractivity (Wildman–Crippen MR) is 78.7 cm³/mol. The zero-order valence-corrected chi connectivity index (χ0v) is 11.6. The Hall–Kier alpha value is -1.22. The lowest BCUT2D eigenvalue weighted by molar-refractivity contribution is 0.180. The molecule has 0 aromatic heterocycles. The Morgan fingerprint density at radius 3 is 2.63 bits per heavy atom. The molecule has 1 aliphatic carbocycles. The van der Waals surface area contributed by atoms with Gasteiger partial charge in [-0.25, -0.2) is 0 Å². The van der Waals surface area contributed by atoms with Crippen LogP contribution < -0.4 is 15.4 Å². The smallest absolute Gasteiger partial charge is 0.121 e. The molecule has 3 nitrogen and oxygen atoms in total. The largest absolute Gasteiger partial charge is 0.493 e. The molecule has 0 atom stereocenters. The highest BCUT2D eigenvalue weighted by Crippen LogP contribution is 2.28. The first-order valence-electron chi connectivity index (χ1n) is 7.54. The van der Waals surface area contributed by atoms with Crippen LogP contribution in [0.1, 0.15) is 32.1 Å². The van der Waals surface area contributed by atoms with Gasteiger partial charge in [0.15, 0.2) is 0 Å². The topological polar surface area (TPSA) is 38.5 Å². The van der Waals surface area contributed by atoms with Gasteiger partial charge >= 0.3 is 0 Å². The second-order valence-corrected chi connectivity index (χ2v) is 5.93. The minimum absolute atomic E-state index is 0.384. The summed E-state index contributed by atoms with van der Waals surface area (Å²) in [4.78, 5) is 2.42. The summed E-state index contributed by atoms with van der Waals surface area (Å²) in [7, 11) is 0. The van der Waals surface area contributed by atoms with Gasteiger partial charge in [-0.15, -0.1) is 0 Å². The lowest BCUT2D eigenvalue weighted by Crippen LogP contribution is -2.39. The van der Waals surface area contributed by atoms with Crippen LogP contribution in [0, 0.1) is 5.92 Å². The first-order chi connectivity index (χ1) is 9.31. The van der Waals surface area contributed by atoms with Gasteiger partial charge in [-0.05, 0) is 43.7 Å². The summed E-state index contributed by atoms with van der Waals surface area (Å²) in [5.41, 5.74) is 7.23. The lowest BCUT2D eigenvalue weighted by Gasteiger charge is -2.32. The maximum Gasteiger partial charge on any atom is 0.121 e. The minimum Gasteiger partial charge on any atom is -0.493 e. The third-order valence-electron chi connectivity index (χ3n) is 4.43. The number of ether oxygens (including phenoxy) is 1. The Balaban J connectivity index is 1.58. The molecule has 2 N–H and O–H groups in total. The van der Waals surface area contributed by atoms with E-state index in [-0.39, 0.29) is 0 Å². The van der Waals surface area contributed by atoms with Gasteiger partial charge in [0, 0.05) is 30.9 Å². The van der Waals surface area contributed by atoms with E-state index in [9.17, 15) is 0 Å². The molecule has 1 saturated carbocycles. The van der Waals surface area contributed by atoms with Gasteiger partial charge in [0.05, 0.1) is 6.61 Å². The van der Waals surface area contributed by atoms with Gasteiger partial charge in [-0.2, -0.15) is 0 Å². The summed E-state index contributed by atoms with van der Waals surface area (Å²) in [5, 5.41) is 0. The number of hydrogen-bond acceptors (Lipinski definition) is 3. The number of nitrogens with two attached hydrogens (primary N) is 1. The molecule has 2 fully saturated rings. The van der Waals surface area contributed by atoms with Crippen molar-refractivity contribution in [1.29, 1.82) is 0 Å². The molecule has 104 valence electrons. The average molecular weight is 260 g/mol. The highest BCUT2D eigenvalue weighted by atomic mass is 16.5. The van der Waals surface area contributed by atoms with Crippen LogP contribution in [-0.4, -0.2) is 25.7 Å². The Bertz CT molecular complexity index is 409. The van der Waals surface area contributed by atoms with Crippen molar-refractivity contribution in [1.82, 2.24) is 0 Å². The van der Waals surface area contributed by atoms with Crippen LogP contribution in [0.5, 0.6) is 5.75 Å². The molecule has 2 aliphatic rings. The number of rotatable bonds is 4. The van der Waals surface area contributed by atoms with Crippen LogP contribution >= 0.6 is 0 Å². The Kier molecular flexibility index (Phi) is 3.92. The SMILES string of the molecule is NC1CCN(c2cccc(OCC3CCC3)c2)CC1. The van der Waals surface area contributed by atoms with Crippen LogP contribution in [0.4, 0.5) is 5.69 Å². The molecule has 0 unspecified atom stereocenters. The molecule has 1 aromatic rings. The normalized spacial score (nSPS) is 21.2. The van der Waals surface area contributed by atoms with Gasteiger partial charge in [0.1, 0.15) is 5.75 Å². The fraction of sp³-hybridized carbons (Fsp3) is 0.625. The molecule has 0 spiro atoms. The number of anilines is 1. The summed E-state index contributed by atoms with van der Waals surface area (Å²) in [6.45, 7) is 3.01. The molecule has 0 bridgehead atoms. The number of nitrogens with zero attached hydrogens (tertiary/aromatic N) is 1. The van der Waals surface area contributed by atoms with E-state index in [1.807, 2.05) is 0 Å². The van der Waals surface area contributed by atoms with Crippen molar-refractivity contribution in [2.45, 2.75) is 38.1 Å². The average Bonchev–Trinajstić information content (AvgIpc) is 2.38. The molecule has 1 saturated heterocycles. The number of piperidine rings is 1. The monoisotopic (exact) mass is 260 g/mol. The van der Waals surface area contributed by atoms with Crippen LogP contribution in [-0.2, 0) is 0 Å². The first-order valence-corrected chi connectivity index (χ1v) is 7.54. The summed E-state index contributed by atoms with van der Waals surface area (Å²) in [5.74, 6) is 1.80. The van der Waals surface area contributed by atoms with Crippen molar-refractivity contribution in [2.75, 3.05) is 24.6 Å². The highest BCUT2D eigenvalue weighted by molar-refractivity contribution is 5.51. The van der Waals surface area contributed by atoms with Crippen LogP contribution in [0.3, 0.4) is 0 Å². The summed E-state index contributed by atoms with van der Waals surface area (Å²) >= 11 is 0. The van der Waals surface area contributed by atoms with E-state index in [4.69, 9.17) is 10.5 Å². The van der Waals surface area contributed by atoms with Gasteiger partial charge < -0.3 is 15.4 Å². The molecule has 19 heavy (non-hydrogen) atoms. The van der Waals surface area contributed by atoms with Crippen LogP contribution in [0.25, 0.3) is 0 Å². The molecular weight excluding hydrogens is 236 g/mol. The fourth-order valence-corrected chi connectivity index (χ4v) is 2.80. The number of benzene rings is 1. The summed E-state index contributed by atoms with van der Waals surface area (Å²) in [6, 6.07) is 8.90. The van der Waals surface area contributed by atoms with E-state index in [0.29, 0.717) is 6.04 Å². The lowest BCUT2D eigenvalue weighted by atomic mass is 9.86. The number of hydrogen-bond donors (Lipinski definition) is 1. The molecule has 3 rings (SSSR count). The summed E-state index contributed by atoms with van der Waals surface area (Å²) < 4.78 is 5.91. The van der Waals surface area contributed by atoms with Crippen molar-refractivity contribution in [3.63, 3.8) is 0 Å². The van der Waals surface area contributed by atoms with E-state index >= 15 is 0 Å². The van der Waals surface area contributed by atoms with E-state index < -0.39 is 0 Å². The Morgan fingerprint density at radius 2 is 1.95 bits per heavy atom. The Morgan fingerprint density at radius 1 is 1.16 bits per heavy atom. The van der Waals surface area contributed by atoms with Crippen molar-refractivity contribution >= 4 is 5.69 Å². The third-order valence-corrected chi connectivity index (χ3v) is 4.43. The zero-order chi connectivity index (χ0) is 13.1. The standard InChI is InChI=1S/C16H24N2O/c17-14-7-9-18(10-8-14)15-5-2-6-16(11-15)19-12-13-3-1-4-13/h2,5-6,11,13-14H,1,3-4,7-10,12,17H2. The maximum absolute atomic E-state index is 5.96. The van der Waals surface area contributed by atoms with Crippen molar-refractivity contribution in [3.8, 4) is 5.75 Å². The van der Waals surface area contributed by atoms with Crippen molar-refractivity contribution in [2.24, 2.45) is 11.7 Å². The fourth-order valence-electron chi connectivity index (χ4n) is 2.80. The molecule has 1 aromatic carbocycles. The molecule has 1 aliphatic heterocycles. The van der Waals surface area contributed by atoms with Crippen molar-refractivity contribution in [3.05, 3.63) is 24.3 Å². The molecular formula is C16H24N2O. The predicted octanol–water partition coefficient (Wildman–Crippen LogP) is 2.79. The van der Waals surface area contributed by atoms with Gasteiger partial charge in [-0.3, -0.25) is 0 Å². The van der Waals surface area contributed by atoms with Gasteiger partial charge in [0.2, 0.25) is 0 Å². The zero-order valence-electron chi connectivity index (χ0n) is 11.6. The second kappa shape index (κ2) is 5.83. The van der Waals surface area contributed by atoms with E-state index in [1.54, 1.807) is 0 Å². The molecule has 1 heterocycles. The minimum atomic E-state index is 0.384. The molecule has 0 radical (unpaired) electrons. The summed E-state index contributed by atoms with van der Waals surface area (Å²) in [6.07, 6.45) is 6.23. The van der Waals surface area contributed by atoms with Crippen molar-refractivity contribution < 1.29 is 4.74 Å². The third kappa shape index (κ3) is 3.21. The van der Waals surface area contributed by atoms with Crippen LogP contribution in [0.2, 0.25) is 0 Å². The maximum atomic E-state index is 5.96. The van der Waals surface area contributed by atoms with E-state index in [0.717, 1.165) is 44.2 Å². The molecule has 0 amide bonds. The van der Waals surface area contributed by atoms with Gasteiger partial charge in [-0.1, -0.05) is 12.5 Å². The van der Waals surface area contributed by atoms with Crippen LogP contribution in [0.15, 0.2) is 24.3 Å². The quantitative estimate of drug-likeness (QED) is 0.904. The van der Waals surface area contributed by atoms with E-state index in [1.165, 1.54) is 24.9 Å². The molecule has 3 heteroatoms.